The molecular formula is C27H34N8O5S. The fourth-order valence-electron chi connectivity index (χ4n) is 4.12. The number of thioether (sulfide) groups is 1. The number of aryl methyl sites for hydroxylation is 1. The molecule has 218 valence electrons. The van der Waals surface area contributed by atoms with Crippen LogP contribution < -0.4 is 15.4 Å². The van der Waals surface area contributed by atoms with Crippen molar-refractivity contribution in [1.82, 2.24) is 34.9 Å². The highest BCUT2D eigenvalue weighted by Crippen LogP contribution is 2.35. The summed E-state index contributed by atoms with van der Waals surface area (Å²) in [4.78, 5) is 52.7. The molecule has 41 heavy (non-hydrogen) atoms. The van der Waals surface area contributed by atoms with Gasteiger partial charge in [-0.2, -0.15) is 10.1 Å². The largest absolute Gasteiger partial charge is 0.496 e. The Kier molecular flexibility index (Phi) is 8.52. The number of rotatable bonds is 7. The summed E-state index contributed by atoms with van der Waals surface area (Å²) < 4.78 is 12.6. The minimum Gasteiger partial charge on any atom is -0.496 e. The molecule has 0 saturated heterocycles. The lowest BCUT2D eigenvalue weighted by Crippen LogP contribution is -2.37. The Balaban J connectivity index is 1.77. The van der Waals surface area contributed by atoms with Gasteiger partial charge in [0.25, 0.3) is 0 Å². The Labute approximate surface area is 242 Å². The molecule has 0 bridgehead atoms. The lowest BCUT2D eigenvalue weighted by molar-refractivity contribution is -0.130. The van der Waals surface area contributed by atoms with E-state index < -0.39 is 11.7 Å². The molecule has 3 aromatic heterocycles. The third-order valence-corrected chi connectivity index (χ3v) is 7.14. The number of amides is 3. The number of nitrogens with one attached hydrogen (secondary N) is 2. The van der Waals surface area contributed by atoms with Crippen molar-refractivity contribution in [2.75, 3.05) is 38.8 Å². The van der Waals surface area contributed by atoms with Crippen LogP contribution >= 0.6 is 11.8 Å². The van der Waals surface area contributed by atoms with Gasteiger partial charge in [0, 0.05) is 42.7 Å². The highest BCUT2D eigenvalue weighted by molar-refractivity contribution is 7.99. The number of hydrogen-bond acceptors (Lipinski definition) is 10. The normalized spacial score (nSPS) is 12.8. The van der Waals surface area contributed by atoms with Crippen molar-refractivity contribution in [2.24, 2.45) is 0 Å². The van der Waals surface area contributed by atoms with Crippen LogP contribution in [-0.2, 0) is 20.9 Å². The minimum absolute atomic E-state index is 0.0394. The van der Waals surface area contributed by atoms with Crippen molar-refractivity contribution in [3.05, 3.63) is 34.3 Å². The SMILES string of the molecule is COc1c(C)cnc(Cn2nc3c4c(nc(NC(=O)OC(C)(C)C)nc42)SCC(C(=O)NCC(=O)N(C)C)=C3)c1C. The Morgan fingerprint density at radius 3 is 2.56 bits per heavy atom. The predicted molar refractivity (Wildman–Crippen MR) is 155 cm³/mol. The number of hydrogen-bond donors (Lipinski definition) is 2. The van der Waals surface area contributed by atoms with Crippen LogP contribution in [-0.4, -0.2) is 86.6 Å². The van der Waals surface area contributed by atoms with E-state index in [0.29, 0.717) is 27.3 Å². The summed E-state index contributed by atoms with van der Waals surface area (Å²) in [5, 5.41) is 11.2. The maximum Gasteiger partial charge on any atom is 0.414 e. The van der Waals surface area contributed by atoms with Crippen LogP contribution in [0.2, 0.25) is 0 Å². The molecule has 0 atom stereocenters. The minimum atomic E-state index is -0.711. The quantitative estimate of drug-likeness (QED) is 0.398. The molecule has 0 spiro atoms. The number of ether oxygens (including phenoxy) is 2. The summed E-state index contributed by atoms with van der Waals surface area (Å²) in [7, 11) is 4.86. The van der Waals surface area contributed by atoms with Crippen LogP contribution in [0.3, 0.4) is 0 Å². The number of nitrogens with zero attached hydrogens (tertiary/aromatic N) is 6. The van der Waals surface area contributed by atoms with Crippen LogP contribution in [0.25, 0.3) is 17.1 Å². The zero-order chi connectivity index (χ0) is 30.1. The maximum atomic E-state index is 13.0. The third kappa shape index (κ3) is 6.76. The van der Waals surface area contributed by atoms with Crippen molar-refractivity contribution in [2.45, 2.75) is 51.8 Å². The second-order valence-electron chi connectivity index (χ2n) is 10.7. The van der Waals surface area contributed by atoms with Crippen molar-refractivity contribution < 1.29 is 23.9 Å². The molecule has 3 amide bonds. The molecular weight excluding hydrogens is 548 g/mol. The molecule has 0 aliphatic carbocycles. The van der Waals surface area contributed by atoms with Gasteiger partial charge in [0.2, 0.25) is 17.8 Å². The smallest absolute Gasteiger partial charge is 0.414 e. The number of likely N-dealkylation sites (N-methyl/N-ethyl adjacent to an activating group) is 1. The van der Waals surface area contributed by atoms with Crippen molar-refractivity contribution in [3.8, 4) is 5.75 Å². The summed E-state index contributed by atoms with van der Waals surface area (Å²) in [5.41, 5.74) is 3.14. The van der Waals surface area contributed by atoms with Gasteiger partial charge in [0.1, 0.15) is 16.4 Å². The van der Waals surface area contributed by atoms with E-state index in [1.807, 2.05) is 13.8 Å². The molecule has 3 aromatic rings. The summed E-state index contributed by atoms with van der Waals surface area (Å²) in [6.45, 7) is 9.25. The van der Waals surface area contributed by atoms with Gasteiger partial charge in [-0.05, 0) is 40.7 Å². The van der Waals surface area contributed by atoms with E-state index in [2.05, 4.69) is 25.6 Å². The van der Waals surface area contributed by atoms with Crippen molar-refractivity contribution in [3.63, 3.8) is 0 Å². The zero-order valence-corrected chi connectivity index (χ0v) is 25.2. The van der Waals surface area contributed by atoms with E-state index >= 15 is 0 Å². The molecule has 1 aliphatic heterocycles. The first-order chi connectivity index (χ1) is 19.3. The molecule has 13 nitrogen and oxygen atoms in total. The molecule has 0 radical (unpaired) electrons. The van der Waals surface area contributed by atoms with Gasteiger partial charge < -0.3 is 19.7 Å². The number of carbonyl (C=O) groups excluding carboxylic acids is 3. The molecule has 0 saturated carbocycles. The number of carbonyl (C=O) groups is 3. The number of pyridine rings is 1. The molecule has 0 fully saturated rings. The number of aromatic nitrogens is 5. The number of anilines is 1. The topological polar surface area (TPSA) is 153 Å². The fraction of sp³-hybridized carbons (Fsp3) is 0.444. The van der Waals surface area contributed by atoms with Gasteiger partial charge in [0.05, 0.1) is 37.0 Å². The Morgan fingerprint density at radius 1 is 1.17 bits per heavy atom. The fourth-order valence-corrected chi connectivity index (χ4v) is 5.12. The first kappa shape index (κ1) is 29.8. The third-order valence-electron chi connectivity index (χ3n) is 6.11. The molecule has 0 aromatic carbocycles. The van der Waals surface area contributed by atoms with Crippen LogP contribution in [0.15, 0.2) is 16.8 Å². The predicted octanol–water partition coefficient (Wildman–Crippen LogP) is 2.94. The van der Waals surface area contributed by atoms with E-state index in [-0.39, 0.29) is 36.6 Å². The van der Waals surface area contributed by atoms with Crippen molar-refractivity contribution in [1.29, 1.82) is 0 Å². The van der Waals surface area contributed by atoms with Gasteiger partial charge in [-0.1, -0.05) is 0 Å². The Bertz CT molecular complexity index is 1560. The summed E-state index contributed by atoms with van der Waals surface area (Å²) in [5.74, 6) is 0.431. The average Bonchev–Trinajstić information content (AvgIpc) is 3.10. The molecule has 1 aliphatic rings. The van der Waals surface area contributed by atoms with Gasteiger partial charge in [-0.15, -0.1) is 11.8 Å². The van der Waals surface area contributed by atoms with E-state index in [9.17, 15) is 14.4 Å². The summed E-state index contributed by atoms with van der Waals surface area (Å²) >= 11 is 1.31. The van der Waals surface area contributed by atoms with Crippen LogP contribution in [0.5, 0.6) is 5.75 Å². The first-order valence-corrected chi connectivity index (χ1v) is 13.8. The highest BCUT2D eigenvalue weighted by Gasteiger charge is 2.26. The summed E-state index contributed by atoms with van der Waals surface area (Å²) in [6.07, 6.45) is 2.72. The molecule has 2 N–H and O–H groups in total. The van der Waals surface area contributed by atoms with E-state index in [4.69, 9.17) is 14.6 Å². The molecule has 4 heterocycles. The highest BCUT2D eigenvalue weighted by atomic mass is 32.2. The second kappa shape index (κ2) is 11.7. The average molecular weight is 583 g/mol. The van der Waals surface area contributed by atoms with Crippen LogP contribution in [0, 0.1) is 13.8 Å². The van der Waals surface area contributed by atoms with Gasteiger partial charge >= 0.3 is 6.09 Å². The van der Waals surface area contributed by atoms with E-state index in [1.54, 1.807) is 58.9 Å². The lowest BCUT2D eigenvalue weighted by atomic mass is 10.1. The molecule has 4 rings (SSSR count). The van der Waals surface area contributed by atoms with Crippen molar-refractivity contribution >= 4 is 52.7 Å². The summed E-state index contributed by atoms with van der Waals surface area (Å²) in [6, 6.07) is 0. The lowest BCUT2D eigenvalue weighted by Gasteiger charge is -2.19. The zero-order valence-electron chi connectivity index (χ0n) is 24.4. The first-order valence-electron chi connectivity index (χ1n) is 12.9. The van der Waals surface area contributed by atoms with Crippen LogP contribution in [0.4, 0.5) is 10.7 Å². The maximum absolute atomic E-state index is 13.0. The van der Waals surface area contributed by atoms with Gasteiger partial charge in [0.15, 0.2) is 5.65 Å². The number of methoxy groups -OCH3 is 1. The Morgan fingerprint density at radius 2 is 1.90 bits per heavy atom. The second-order valence-corrected chi connectivity index (χ2v) is 11.7. The standard InChI is InChI=1S/C27H34N8O5S/c1-14-10-28-18(15(2)21(14)39-8)12-35-22-20-17(33-35)9-16(23(37)29-11-19(36)34(6)7)13-41-24(20)31-25(30-22)32-26(38)40-27(3,4)5/h9-10H,11-13H2,1-8H3,(H,29,37)(H,30,31,32,38). The Hall–Kier alpha value is -4.20. The van der Waals surface area contributed by atoms with Gasteiger partial charge in [-0.3, -0.25) is 19.9 Å². The van der Waals surface area contributed by atoms with Crippen LogP contribution in [0.1, 0.15) is 43.3 Å². The monoisotopic (exact) mass is 582 g/mol. The van der Waals surface area contributed by atoms with E-state index in [1.165, 1.54) is 16.7 Å². The molecule has 0 unspecified atom stereocenters. The molecule has 14 heteroatoms. The van der Waals surface area contributed by atoms with E-state index in [0.717, 1.165) is 22.6 Å². The van der Waals surface area contributed by atoms with Gasteiger partial charge in [-0.25, -0.2) is 14.5 Å².